The molecule has 1 unspecified atom stereocenters. The van der Waals surface area contributed by atoms with Crippen LogP contribution < -0.4 is 16.0 Å². The van der Waals surface area contributed by atoms with E-state index in [2.05, 4.69) is 38.8 Å². The van der Waals surface area contributed by atoms with E-state index in [4.69, 9.17) is 0 Å². The predicted octanol–water partition coefficient (Wildman–Crippen LogP) is 2.13. The molecule has 1 aliphatic heterocycles. The molecule has 7 nitrogen and oxygen atoms in total. The maximum Gasteiger partial charge on any atom is 0.243 e. The van der Waals surface area contributed by atoms with Gasteiger partial charge in [-0.3, -0.25) is 19.3 Å². The van der Waals surface area contributed by atoms with Crippen LogP contribution in [0.5, 0.6) is 0 Å². The number of carbonyl (C=O) groups is 3. The third-order valence-electron chi connectivity index (χ3n) is 4.67. The van der Waals surface area contributed by atoms with Gasteiger partial charge in [-0.15, -0.1) is 0 Å². The summed E-state index contributed by atoms with van der Waals surface area (Å²) in [5, 5.41) is 8.37. The third-order valence-corrected chi connectivity index (χ3v) is 5.36. The number of nitrogens with one attached hydrogen (secondary N) is 3. The number of benzene rings is 1. The highest BCUT2D eigenvalue weighted by Crippen LogP contribution is 2.20. The lowest BCUT2D eigenvalue weighted by Crippen LogP contribution is -2.47. The van der Waals surface area contributed by atoms with Gasteiger partial charge in [-0.05, 0) is 53.9 Å². The van der Waals surface area contributed by atoms with Gasteiger partial charge >= 0.3 is 0 Å². The van der Waals surface area contributed by atoms with Crippen LogP contribution in [-0.4, -0.2) is 55.3 Å². The molecule has 1 heterocycles. The number of likely N-dealkylation sites (tertiary alicyclic amines) is 1. The van der Waals surface area contributed by atoms with Gasteiger partial charge in [0.25, 0.3) is 0 Å². The molecule has 1 aliphatic rings. The van der Waals surface area contributed by atoms with Gasteiger partial charge in [0.1, 0.15) is 0 Å². The Labute approximate surface area is 174 Å². The van der Waals surface area contributed by atoms with E-state index < -0.39 is 0 Å². The first kappa shape index (κ1) is 22.4. The molecule has 28 heavy (non-hydrogen) atoms. The maximum absolute atomic E-state index is 12.2. The standard InChI is InChI=1S/C20H29BrN4O3/c1-2-3-10-22-20(28)15-7-6-11-25(13-15)14-19(27)23-12-18(26)24-17-9-5-4-8-16(17)21/h4-5,8-9,15H,2-3,6-7,10-14H2,1H3,(H,22,28)(H,23,27)(H,24,26). The Hall–Kier alpha value is -1.93. The number of hydrogen-bond donors (Lipinski definition) is 3. The van der Waals surface area contributed by atoms with Crippen LogP contribution in [0.3, 0.4) is 0 Å². The van der Waals surface area contributed by atoms with E-state index in [1.165, 1.54) is 0 Å². The molecule has 0 aromatic heterocycles. The molecule has 1 aromatic rings. The smallest absolute Gasteiger partial charge is 0.243 e. The fraction of sp³-hybridized carbons (Fsp3) is 0.550. The first-order valence-electron chi connectivity index (χ1n) is 9.80. The predicted molar refractivity (Wildman–Crippen MR) is 113 cm³/mol. The van der Waals surface area contributed by atoms with Crippen LogP contribution in [0.15, 0.2) is 28.7 Å². The molecule has 1 fully saturated rings. The van der Waals surface area contributed by atoms with Gasteiger partial charge < -0.3 is 16.0 Å². The van der Waals surface area contributed by atoms with Crippen LogP contribution in [0, 0.1) is 5.92 Å². The van der Waals surface area contributed by atoms with Gasteiger partial charge in [0, 0.05) is 17.6 Å². The van der Waals surface area contributed by atoms with Gasteiger partial charge in [-0.2, -0.15) is 0 Å². The average molecular weight is 453 g/mol. The van der Waals surface area contributed by atoms with E-state index in [9.17, 15) is 14.4 Å². The van der Waals surface area contributed by atoms with Crippen molar-refractivity contribution in [2.75, 3.05) is 38.0 Å². The molecule has 3 amide bonds. The van der Waals surface area contributed by atoms with Gasteiger partial charge in [-0.25, -0.2) is 0 Å². The lowest BCUT2D eigenvalue weighted by molar-refractivity contribution is -0.129. The number of anilines is 1. The first-order valence-corrected chi connectivity index (χ1v) is 10.6. The van der Waals surface area contributed by atoms with Gasteiger partial charge in [0.2, 0.25) is 17.7 Å². The average Bonchev–Trinajstić information content (AvgIpc) is 2.68. The van der Waals surface area contributed by atoms with Gasteiger partial charge in [-0.1, -0.05) is 25.5 Å². The number of amides is 3. The van der Waals surface area contributed by atoms with Crippen molar-refractivity contribution in [3.63, 3.8) is 0 Å². The van der Waals surface area contributed by atoms with Crippen molar-refractivity contribution in [3.8, 4) is 0 Å². The van der Waals surface area contributed by atoms with E-state index in [1.807, 2.05) is 23.1 Å². The lowest BCUT2D eigenvalue weighted by atomic mass is 9.97. The molecule has 0 saturated carbocycles. The largest absolute Gasteiger partial charge is 0.356 e. The Kier molecular flexibility index (Phi) is 9.43. The highest BCUT2D eigenvalue weighted by atomic mass is 79.9. The monoisotopic (exact) mass is 452 g/mol. The van der Waals surface area contributed by atoms with Crippen molar-refractivity contribution in [1.82, 2.24) is 15.5 Å². The topological polar surface area (TPSA) is 90.5 Å². The highest BCUT2D eigenvalue weighted by Gasteiger charge is 2.26. The molecule has 0 spiro atoms. The SMILES string of the molecule is CCCCNC(=O)C1CCCN(CC(=O)NCC(=O)Nc2ccccc2Br)C1. The second kappa shape index (κ2) is 11.8. The molecule has 154 valence electrons. The van der Waals surface area contributed by atoms with E-state index in [0.717, 1.165) is 36.7 Å². The first-order chi connectivity index (χ1) is 13.5. The maximum atomic E-state index is 12.2. The Morgan fingerprint density at radius 1 is 1.18 bits per heavy atom. The number of unbranched alkanes of at least 4 members (excludes halogenated alkanes) is 1. The van der Waals surface area contributed by atoms with Crippen molar-refractivity contribution in [2.45, 2.75) is 32.6 Å². The van der Waals surface area contributed by atoms with Crippen molar-refractivity contribution >= 4 is 39.3 Å². The van der Waals surface area contributed by atoms with Crippen molar-refractivity contribution in [3.05, 3.63) is 28.7 Å². The minimum absolute atomic E-state index is 0.0721. The molecular formula is C20H29BrN4O3. The molecular weight excluding hydrogens is 424 g/mol. The summed E-state index contributed by atoms with van der Waals surface area (Å²) in [6, 6.07) is 7.30. The lowest BCUT2D eigenvalue weighted by Gasteiger charge is -2.31. The van der Waals surface area contributed by atoms with Crippen LogP contribution in [0.2, 0.25) is 0 Å². The zero-order valence-electron chi connectivity index (χ0n) is 16.3. The summed E-state index contributed by atoms with van der Waals surface area (Å²) in [4.78, 5) is 38.4. The molecule has 1 aromatic carbocycles. The summed E-state index contributed by atoms with van der Waals surface area (Å²) in [5.41, 5.74) is 0.662. The molecule has 2 rings (SSSR count). The fourth-order valence-electron chi connectivity index (χ4n) is 3.14. The summed E-state index contributed by atoms with van der Waals surface area (Å²) < 4.78 is 0.784. The summed E-state index contributed by atoms with van der Waals surface area (Å²) in [5.74, 6) is -0.495. The molecule has 1 saturated heterocycles. The van der Waals surface area contributed by atoms with Gasteiger partial charge in [0.15, 0.2) is 0 Å². The molecule has 0 radical (unpaired) electrons. The minimum atomic E-state index is -0.285. The highest BCUT2D eigenvalue weighted by molar-refractivity contribution is 9.10. The summed E-state index contributed by atoms with van der Waals surface area (Å²) in [6.07, 6.45) is 3.77. The molecule has 0 bridgehead atoms. The summed E-state index contributed by atoms with van der Waals surface area (Å²) in [7, 11) is 0. The number of carbonyl (C=O) groups excluding carboxylic acids is 3. The number of rotatable bonds is 9. The number of piperidine rings is 1. The minimum Gasteiger partial charge on any atom is -0.356 e. The van der Waals surface area contributed by atoms with Crippen LogP contribution in [-0.2, 0) is 14.4 Å². The molecule has 8 heteroatoms. The number of halogens is 1. The number of nitrogens with zero attached hydrogens (tertiary/aromatic N) is 1. The van der Waals surface area contributed by atoms with Crippen LogP contribution in [0.4, 0.5) is 5.69 Å². The second-order valence-electron chi connectivity index (χ2n) is 7.02. The summed E-state index contributed by atoms with van der Waals surface area (Å²) >= 11 is 3.37. The fourth-order valence-corrected chi connectivity index (χ4v) is 3.52. The van der Waals surface area contributed by atoms with Crippen molar-refractivity contribution in [2.24, 2.45) is 5.92 Å². The Morgan fingerprint density at radius 3 is 2.71 bits per heavy atom. The van der Waals surface area contributed by atoms with E-state index in [0.29, 0.717) is 18.8 Å². The summed E-state index contributed by atoms with van der Waals surface area (Å²) in [6.45, 7) is 4.27. The van der Waals surface area contributed by atoms with Crippen molar-refractivity contribution < 1.29 is 14.4 Å². The third kappa shape index (κ3) is 7.59. The number of para-hydroxylation sites is 1. The van der Waals surface area contributed by atoms with Crippen LogP contribution >= 0.6 is 15.9 Å². The molecule has 0 aliphatic carbocycles. The van der Waals surface area contributed by atoms with Crippen LogP contribution in [0.1, 0.15) is 32.6 Å². The van der Waals surface area contributed by atoms with E-state index in [1.54, 1.807) is 6.07 Å². The zero-order valence-corrected chi connectivity index (χ0v) is 17.9. The second-order valence-corrected chi connectivity index (χ2v) is 7.88. The molecule has 3 N–H and O–H groups in total. The van der Waals surface area contributed by atoms with E-state index >= 15 is 0 Å². The van der Waals surface area contributed by atoms with Crippen molar-refractivity contribution in [1.29, 1.82) is 0 Å². The van der Waals surface area contributed by atoms with E-state index in [-0.39, 0.29) is 36.7 Å². The number of hydrogen-bond acceptors (Lipinski definition) is 4. The Balaban J connectivity index is 1.71. The Bertz CT molecular complexity index is 683. The molecule has 1 atom stereocenters. The van der Waals surface area contributed by atoms with Gasteiger partial charge in [0.05, 0.1) is 24.7 Å². The zero-order chi connectivity index (χ0) is 20.4. The quantitative estimate of drug-likeness (QED) is 0.500. The van der Waals surface area contributed by atoms with Crippen LogP contribution in [0.25, 0.3) is 0 Å². The Morgan fingerprint density at radius 2 is 1.96 bits per heavy atom. The normalized spacial score (nSPS) is 17.0.